The first-order chi connectivity index (χ1) is 16.7. The molecule has 2 aromatic rings. The lowest BCUT2D eigenvalue weighted by molar-refractivity contribution is -0.146. The fraction of sp³-hybridized carbons (Fsp3) is 0.643. The lowest BCUT2D eigenvalue weighted by Gasteiger charge is -2.43. The summed E-state index contributed by atoms with van der Waals surface area (Å²) in [7, 11) is 1.64. The van der Waals surface area contributed by atoms with Crippen molar-refractivity contribution in [3.05, 3.63) is 45.9 Å². The van der Waals surface area contributed by atoms with Gasteiger partial charge in [-0.2, -0.15) is 5.48 Å². The molecule has 0 radical (unpaired) electrons. The Kier molecular flexibility index (Phi) is 8.55. The van der Waals surface area contributed by atoms with Gasteiger partial charge in [-0.25, -0.2) is 4.98 Å². The molecule has 7 nitrogen and oxygen atoms in total. The number of rotatable bonds is 8. The summed E-state index contributed by atoms with van der Waals surface area (Å²) < 4.78 is 5.71. The van der Waals surface area contributed by atoms with Crippen molar-refractivity contribution in [2.24, 2.45) is 11.8 Å². The van der Waals surface area contributed by atoms with Gasteiger partial charge >= 0.3 is 0 Å². The first-order valence-electron chi connectivity index (χ1n) is 12.7. The van der Waals surface area contributed by atoms with E-state index in [1.807, 2.05) is 49.3 Å². The molecule has 0 unspecified atom stereocenters. The van der Waals surface area contributed by atoms with E-state index in [9.17, 15) is 9.90 Å². The van der Waals surface area contributed by atoms with E-state index >= 15 is 0 Å². The number of hydroxylamine groups is 1. The van der Waals surface area contributed by atoms with E-state index in [1.165, 1.54) is 11.3 Å². The fourth-order valence-electron chi connectivity index (χ4n) is 5.17. The molecule has 0 spiro atoms. The standard InChI is InChI=1S/C28H43N3O4S/c1-18(2)13-28(30-35-27(6,7)8)14-20(15-32)24(22-16-36-17-29-22)31(28)25(33)19-10-11-21(26(3,4)5)23(12-19)34-9/h10-12,16-18,20,24,30,32H,13-15H2,1-9H3/t20-,24-,28+/m1/s1. The van der Waals surface area contributed by atoms with Gasteiger partial charge in [0.15, 0.2) is 0 Å². The molecular formula is C28H43N3O4S. The van der Waals surface area contributed by atoms with Crippen molar-refractivity contribution in [1.29, 1.82) is 0 Å². The van der Waals surface area contributed by atoms with Gasteiger partial charge in [0.1, 0.15) is 11.4 Å². The van der Waals surface area contributed by atoms with Crippen LogP contribution in [0.25, 0.3) is 0 Å². The first kappa shape index (κ1) is 28.6. The molecule has 1 aliphatic rings. The Morgan fingerprint density at radius 3 is 2.47 bits per heavy atom. The molecule has 0 bridgehead atoms. The summed E-state index contributed by atoms with van der Waals surface area (Å²) in [5.74, 6) is 0.613. The average Bonchev–Trinajstić information content (AvgIpc) is 3.41. The number of hydrogen-bond donors (Lipinski definition) is 2. The topological polar surface area (TPSA) is 83.9 Å². The molecule has 8 heteroatoms. The number of likely N-dealkylation sites (tertiary alicyclic amines) is 1. The second-order valence-electron chi connectivity index (χ2n) is 12.3. The van der Waals surface area contributed by atoms with Crippen molar-refractivity contribution >= 4 is 17.2 Å². The van der Waals surface area contributed by atoms with Crippen molar-refractivity contribution in [2.45, 2.75) is 91.0 Å². The summed E-state index contributed by atoms with van der Waals surface area (Å²) in [4.78, 5) is 27.0. The normalized spacial score (nSPS) is 22.9. The summed E-state index contributed by atoms with van der Waals surface area (Å²) in [6.45, 7) is 16.5. The van der Waals surface area contributed by atoms with Crippen molar-refractivity contribution < 1.29 is 19.5 Å². The zero-order valence-electron chi connectivity index (χ0n) is 23.2. The van der Waals surface area contributed by atoms with Gasteiger partial charge in [-0.3, -0.25) is 9.63 Å². The van der Waals surface area contributed by atoms with E-state index in [0.717, 1.165) is 11.3 Å². The number of benzene rings is 1. The van der Waals surface area contributed by atoms with Crippen LogP contribution in [0, 0.1) is 11.8 Å². The quantitative estimate of drug-likeness (QED) is 0.437. The minimum atomic E-state index is -0.823. The minimum Gasteiger partial charge on any atom is -0.496 e. The molecule has 1 aromatic heterocycles. The Balaban J connectivity index is 2.17. The number of nitrogens with zero attached hydrogens (tertiary/aromatic N) is 2. The Bertz CT molecular complexity index is 1030. The van der Waals surface area contributed by atoms with Gasteiger partial charge in [0.25, 0.3) is 5.91 Å². The van der Waals surface area contributed by atoms with Gasteiger partial charge in [-0.15, -0.1) is 11.3 Å². The smallest absolute Gasteiger partial charge is 0.256 e. The summed E-state index contributed by atoms with van der Waals surface area (Å²) in [5, 5.41) is 12.4. The van der Waals surface area contributed by atoms with Gasteiger partial charge < -0.3 is 14.7 Å². The van der Waals surface area contributed by atoms with Crippen LogP contribution >= 0.6 is 11.3 Å². The van der Waals surface area contributed by atoms with E-state index in [-0.39, 0.29) is 29.8 Å². The summed E-state index contributed by atoms with van der Waals surface area (Å²) in [5.41, 5.74) is 6.03. The second-order valence-corrected chi connectivity index (χ2v) is 13.0. The third-order valence-corrected chi connectivity index (χ3v) is 7.15. The Morgan fingerprint density at radius 1 is 1.28 bits per heavy atom. The maximum atomic E-state index is 14.4. The minimum absolute atomic E-state index is 0.0602. The predicted octanol–water partition coefficient (Wildman–Crippen LogP) is 5.71. The first-order valence-corrected chi connectivity index (χ1v) is 13.6. The van der Waals surface area contributed by atoms with Crippen molar-refractivity contribution in [3.63, 3.8) is 0 Å². The predicted molar refractivity (Wildman–Crippen MR) is 144 cm³/mol. The number of hydrogen-bond acceptors (Lipinski definition) is 7. The molecular weight excluding hydrogens is 474 g/mol. The zero-order chi connectivity index (χ0) is 26.9. The van der Waals surface area contributed by atoms with E-state index in [2.05, 4.69) is 45.1 Å². The van der Waals surface area contributed by atoms with E-state index in [0.29, 0.717) is 24.2 Å². The molecule has 1 aliphatic heterocycles. The summed E-state index contributed by atoms with van der Waals surface area (Å²) in [6, 6.07) is 5.29. The lowest BCUT2D eigenvalue weighted by atomic mass is 9.85. The average molecular weight is 518 g/mol. The highest BCUT2D eigenvalue weighted by Crippen LogP contribution is 2.49. The van der Waals surface area contributed by atoms with Crippen LogP contribution in [0.2, 0.25) is 0 Å². The molecule has 2 heterocycles. The van der Waals surface area contributed by atoms with Gasteiger partial charge in [0, 0.05) is 23.5 Å². The third-order valence-electron chi connectivity index (χ3n) is 6.54. The van der Waals surface area contributed by atoms with Gasteiger partial charge in [-0.1, -0.05) is 40.7 Å². The molecule has 1 amide bonds. The number of aromatic nitrogens is 1. The van der Waals surface area contributed by atoms with E-state index < -0.39 is 17.3 Å². The van der Waals surface area contributed by atoms with Crippen LogP contribution in [0.15, 0.2) is 29.1 Å². The van der Waals surface area contributed by atoms with Crippen molar-refractivity contribution in [2.75, 3.05) is 13.7 Å². The van der Waals surface area contributed by atoms with Crippen LogP contribution in [0.3, 0.4) is 0 Å². The van der Waals surface area contributed by atoms with Crippen LogP contribution in [-0.2, 0) is 10.3 Å². The summed E-state index contributed by atoms with van der Waals surface area (Å²) >= 11 is 1.49. The highest BCUT2D eigenvalue weighted by atomic mass is 32.1. The van der Waals surface area contributed by atoms with Crippen LogP contribution < -0.4 is 10.2 Å². The maximum Gasteiger partial charge on any atom is 0.256 e. The van der Waals surface area contributed by atoms with Crippen molar-refractivity contribution in [3.8, 4) is 5.75 Å². The molecule has 0 aliphatic carbocycles. The van der Waals surface area contributed by atoms with Crippen molar-refractivity contribution in [1.82, 2.24) is 15.4 Å². The zero-order valence-corrected chi connectivity index (χ0v) is 24.0. The number of thiazole rings is 1. The van der Waals surface area contributed by atoms with Gasteiger partial charge in [0.2, 0.25) is 0 Å². The van der Waals surface area contributed by atoms with Crippen LogP contribution in [0.1, 0.15) is 95.9 Å². The molecule has 36 heavy (non-hydrogen) atoms. The molecule has 200 valence electrons. The number of methoxy groups -OCH3 is 1. The Hall–Kier alpha value is -2.00. The van der Waals surface area contributed by atoms with Gasteiger partial charge in [0.05, 0.1) is 30.0 Å². The van der Waals surface area contributed by atoms with Crippen LogP contribution in [0.4, 0.5) is 0 Å². The van der Waals surface area contributed by atoms with E-state index in [4.69, 9.17) is 9.57 Å². The molecule has 3 rings (SSSR count). The van der Waals surface area contributed by atoms with E-state index in [1.54, 1.807) is 12.6 Å². The fourth-order valence-corrected chi connectivity index (χ4v) is 5.75. The van der Waals surface area contributed by atoms with Gasteiger partial charge in [-0.05, 0) is 62.6 Å². The van der Waals surface area contributed by atoms with Crippen LogP contribution in [0.5, 0.6) is 5.75 Å². The maximum absolute atomic E-state index is 14.4. The molecule has 0 saturated carbocycles. The Labute approximate surface area is 220 Å². The monoisotopic (exact) mass is 517 g/mol. The van der Waals surface area contributed by atoms with Crippen LogP contribution in [-0.4, -0.2) is 45.9 Å². The highest BCUT2D eigenvalue weighted by molar-refractivity contribution is 7.07. The largest absolute Gasteiger partial charge is 0.496 e. The summed E-state index contributed by atoms with van der Waals surface area (Å²) in [6.07, 6.45) is 1.20. The Morgan fingerprint density at radius 2 is 1.97 bits per heavy atom. The highest BCUT2D eigenvalue weighted by Gasteiger charge is 2.55. The lowest BCUT2D eigenvalue weighted by Crippen LogP contribution is -2.59. The number of carbonyl (C=O) groups is 1. The number of aliphatic hydroxyl groups excluding tert-OH is 1. The number of aliphatic hydroxyl groups is 1. The molecule has 2 N–H and O–H groups in total. The SMILES string of the molecule is COc1cc(C(=O)N2[C@@H](c3cscn3)[C@@H](CO)C[C@@]2(CC(C)C)NOC(C)(C)C)ccc1C(C)(C)C. The molecule has 1 fully saturated rings. The third kappa shape index (κ3) is 6.10. The molecule has 1 saturated heterocycles. The molecule has 1 aromatic carbocycles. The number of nitrogens with one attached hydrogen (secondary N) is 1. The second kappa shape index (κ2) is 10.8. The number of amides is 1. The number of carbonyl (C=O) groups excluding carboxylic acids is 1. The molecule has 3 atom stereocenters. The number of ether oxygens (including phenoxy) is 1.